The van der Waals surface area contributed by atoms with Gasteiger partial charge in [-0.1, -0.05) is 60.7 Å². The molecule has 0 radical (unpaired) electrons. The minimum atomic E-state index is -0.127. The molecule has 2 heteroatoms. The van der Waals surface area contributed by atoms with Crippen molar-refractivity contribution in [1.82, 2.24) is 0 Å². The number of carbonyl (C=O) groups excluding carboxylic acids is 1. The lowest BCUT2D eigenvalue weighted by Crippen LogP contribution is -2.21. The van der Waals surface area contributed by atoms with Gasteiger partial charge in [0.2, 0.25) is 0 Å². The Morgan fingerprint density at radius 1 is 0.769 bits per heavy atom. The Morgan fingerprint density at radius 2 is 1.50 bits per heavy atom. The third-order valence-electron chi connectivity index (χ3n) is 5.71. The Bertz CT molecular complexity index is 1280. The van der Waals surface area contributed by atoms with Gasteiger partial charge in [-0.3, -0.25) is 9.79 Å². The van der Waals surface area contributed by atoms with Crippen LogP contribution < -0.4 is 0 Å². The number of hydrogen-bond acceptors (Lipinski definition) is 2. The molecule has 26 heavy (non-hydrogen) atoms. The van der Waals surface area contributed by atoms with Crippen LogP contribution in [0, 0.1) is 5.92 Å². The van der Waals surface area contributed by atoms with Gasteiger partial charge >= 0.3 is 0 Å². The first-order valence-electron chi connectivity index (χ1n) is 8.96. The molecule has 0 bridgehead atoms. The number of benzene rings is 4. The summed E-state index contributed by atoms with van der Waals surface area (Å²) in [5.41, 5.74) is 4.97. The molecule has 1 unspecified atom stereocenters. The third-order valence-corrected chi connectivity index (χ3v) is 5.71. The molecule has 0 saturated heterocycles. The standard InChI is InChI=1S/C24H15NO/c26-24-19-8-4-3-7-18(19)23-21(24)13-17-10-9-16-11-14-5-1-2-6-15(14)12-20(16)22(17)25-23/h1-12,21H,13H2. The topological polar surface area (TPSA) is 29.4 Å². The van der Waals surface area contributed by atoms with Crippen molar-refractivity contribution in [3.63, 3.8) is 0 Å². The molecule has 2 nitrogen and oxygen atoms in total. The van der Waals surface area contributed by atoms with Gasteiger partial charge in [-0.25, -0.2) is 0 Å². The van der Waals surface area contributed by atoms with Crippen LogP contribution in [0.25, 0.3) is 21.5 Å². The SMILES string of the molecule is O=C1c2ccccc2C2=Nc3c(ccc4cc5ccccc5cc34)CC12. The number of fused-ring (bicyclic) bond motifs is 7. The lowest BCUT2D eigenvalue weighted by molar-refractivity contribution is 0.0961. The molecule has 122 valence electrons. The average molecular weight is 333 g/mol. The lowest BCUT2D eigenvalue weighted by Gasteiger charge is -2.20. The van der Waals surface area contributed by atoms with E-state index in [2.05, 4.69) is 48.5 Å². The smallest absolute Gasteiger partial charge is 0.172 e. The van der Waals surface area contributed by atoms with E-state index in [1.807, 2.05) is 24.3 Å². The summed E-state index contributed by atoms with van der Waals surface area (Å²) in [5.74, 6) is 0.0846. The number of hydrogen-bond donors (Lipinski definition) is 0. The van der Waals surface area contributed by atoms with E-state index in [9.17, 15) is 4.79 Å². The Labute approximate surface area is 150 Å². The highest BCUT2D eigenvalue weighted by atomic mass is 16.1. The van der Waals surface area contributed by atoms with Crippen LogP contribution in [0.2, 0.25) is 0 Å². The first kappa shape index (κ1) is 14.0. The van der Waals surface area contributed by atoms with Gasteiger partial charge in [-0.05, 0) is 40.3 Å². The Balaban J connectivity index is 1.67. The van der Waals surface area contributed by atoms with E-state index in [0.717, 1.165) is 28.9 Å². The second-order valence-corrected chi connectivity index (χ2v) is 7.16. The predicted molar refractivity (Wildman–Crippen MR) is 106 cm³/mol. The average Bonchev–Trinajstić information content (AvgIpc) is 2.97. The first-order valence-corrected chi connectivity index (χ1v) is 8.96. The molecule has 0 saturated carbocycles. The summed E-state index contributed by atoms with van der Waals surface area (Å²) in [7, 11) is 0. The number of ketones is 1. The Morgan fingerprint density at radius 3 is 2.35 bits per heavy atom. The number of Topliss-reactive ketones (excluding diaryl/α,β-unsaturated/α-hetero) is 1. The predicted octanol–water partition coefficient (Wildman–Crippen LogP) is 5.48. The van der Waals surface area contributed by atoms with E-state index < -0.39 is 0 Å². The zero-order chi connectivity index (χ0) is 17.3. The molecule has 4 aromatic carbocycles. The van der Waals surface area contributed by atoms with E-state index in [-0.39, 0.29) is 11.7 Å². The van der Waals surface area contributed by atoms with Crippen molar-refractivity contribution in [2.24, 2.45) is 10.9 Å². The molecular weight excluding hydrogens is 318 g/mol. The van der Waals surface area contributed by atoms with Crippen LogP contribution in [-0.4, -0.2) is 11.5 Å². The zero-order valence-electron chi connectivity index (χ0n) is 14.1. The molecule has 0 amide bonds. The van der Waals surface area contributed by atoms with Crippen molar-refractivity contribution in [2.75, 3.05) is 0 Å². The molecule has 6 rings (SSSR count). The molecule has 1 heterocycles. The molecular formula is C24H15NO. The Hall–Kier alpha value is -3.26. The summed E-state index contributed by atoms with van der Waals surface area (Å²) in [5, 5.41) is 4.83. The molecule has 1 aliphatic heterocycles. The van der Waals surface area contributed by atoms with Gasteiger partial charge in [-0.2, -0.15) is 0 Å². The highest BCUT2D eigenvalue weighted by Crippen LogP contribution is 2.42. The van der Waals surface area contributed by atoms with Crippen LogP contribution in [0.15, 0.2) is 77.8 Å². The van der Waals surface area contributed by atoms with Crippen molar-refractivity contribution < 1.29 is 4.79 Å². The van der Waals surface area contributed by atoms with Gasteiger partial charge in [0, 0.05) is 16.5 Å². The van der Waals surface area contributed by atoms with E-state index in [4.69, 9.17) is 4.99 Å². The molecule has 0 spiro atoms. The maximum atomic E-state index is 12.8. The van der Waals surface area contributed by atoms with Gasteiger partial charge < -0.3 is 0 Å². The fraction of sp³-hybridized carbons (Fsp3) is 0.0833. The number of nitrogens with zero attached hydrogens (tertiary/aromatic N) is 1. The van der Waals surface area contributed by atoms with Crippen molar-refractivity contribution in [3.8, 4) is 0 Å². The second kappa shape index (κ2) is 4.89. The van der Waals surface area contributed by atoms with Crippen molar-refractivity contribution in [1.29, 1.82) is 0 Å². The fourth-order valence-corrected chi connectivity index (χ4v) is 4.43. The van der Waals surface area contributed by atoms with Crippen LogP contribution in [0.3, 0.4) is 0 Å². The van der Waals surface area contributed by atoms with E-state index in [1.54, 1.807) is 0 Å². The van der Waals surface area contributed by atoms with Gasteiger partial charge in [0.05, 0.1) is 17.3 Å². The number of carbonyl (C=O) groups is 1. The first-order chi connectivity index (χ1) is 12.8. The van der Waals surface area contributed by atoms with Gasteiger partial charge in [0.25, 0.3) is 0 Å². The van der Waals surface area contributed by atoms with Crippen LogP contribution >= 0.6 is 0 Å². The summed E-state index contributed by atoms with van der Waals surface area (Å²) < 4.78 is 0. The summed E-state index contributed by atoms with van der Waals surface area (Å²) in [6.07, 6.45) is 0.741. The van der Waals surface area contributed by atoms with E-state index in [1.165, 1.54) is 27.1 Å². The summed E-state index contributed by atoms with van der Waals surface area (Å²) in [6.45, 7) is 0. The number of aliphatic imine (C=N–C) groups is 1. The Kier molecular flexibility index (Phi) is 2.63. The zero-order valence-corrected chi connectivity index (χ0v) is 14.1. The van der Waals surface area contributed by atoms with Gasteiger partial charge in [0.15, 0.2) is 5.78 Å². The maximum Gasteiger partial charge on any atom is 0.172 e. The molecule has 1 aliphatic carbocycles. The van der Waals surface area contributed by atoms with Crippen molar-refractivity contribution in [3.05, 3.63) is 89.5 Å². The second-order valence-electron chi connectivity index (χ2n) is 7.16. The van der Waals surface area contributed by atoms with Crippen LogP contribution in [-0.2, 0) is 6.42 Å². The quantitative estimate of drug-likeness (QED) is 0.392. The van der Waals surface area contributed by atoms with Crippen LogP contribution in [0.1, 0.15) is 21.5 Å². The van der Waals surface area contributed by atoms with Crippen molar-refractivity contribution >= 4 is 38.7 Å². The molecule has 0 N–H and O–H groups in total. The highest BCUT2D eigenvalue weighted by molar-refractivity contribution is 6.30. The molecule has 4 aromatic rings. The van der Waals surface area contributed by atoms with Gasteiger partial charge in [-0.15, -0.1) is 0 Å². The maximum absolute atomic E-state index is 12.8. The summed E-state index contributed by atoms with van der Waals surface area (Å²) >= 11 is 0. The van der Waals surface area contributed by atoms with Crippen molar-refractivity contribution in [2.45, 2.75) is 6.42 Å². The van der Waals surface area contributed by atoms with Gasteiger partial charge in [0.1, 0.15) is 0 Å². The lowest BCUT2D eigenvalue weighted by atomic mass is 9.88. The van der Waals surface area contributed by atoms with E-state index in [0.29, 0.717) is 0 Å². The molecule has 1 atom stereocenters. The largest absolute Gasteiger partial charge is 0.293 e. The minimum Gasteiger partial charge on any atom is -0.293 e. The third kappa shape index (κ3) is 1.76. The highest BCUT2D eigenvalue weighted by Gasteiger charge is 2.39. The number of rotatable bonds is 0. The molecule has 0 fully saturated rings. The molecule has 0 aromatic heterocycles. The minimum absolute atomic E-state index is 0.127. The van der Waals surface area contributed by atoms with Crippen LogP contribution in [0.4, 0.5) is 5.69 Å². The van der Waals surface area contributed by atoms with E-state index >= 15 is 0 Å². The summed E-state index contributed by atoms with van der Waals surface area (Å²) in [4.78, 5) is 17.8. The van der Waals surface area contributed by atoms with Crippen LogP contribution in [0.5, 0.6) is 0 Å². The monoisotopic (exact) mass is 333 g/mol. The normalized spacial score (nSPS) is 17.8. The molecule has 2 aliphatic rings. The fourth-order valence-electron chi connectivity index (χ4n) is 4.43. The summed E-state index contributed by atoms with van der Waals surface area (Å²) in [6, 6.07) is 25.1.